The van der Waals surface area contributed by atoms with E-state index in [1.54, 1.807) is 0 Å². The molecule has 0 aliphatic carbocycles. The van der Waals surface area contributed by atoms with Gasteiger partial charge in [-0.15, -0.1) is 0 Å². The van der Waals surface area contributed by atoms with Crippen LogP contribution in [0.5, 0.6) is 0 Å². The Balaban J connectivity index is 3.55. The van der Waals surface area contributed by atoms with Crippen LogP contribution in [-0.2, 0) is 4.79 Å². The molecule has 0 spiro atoms. The van der Waals surface area contributed by atoms with Crippen LogP contribution in [0.3, 0.4) is 0 Å². The van der Waals surface area contributed by atoms with Crippen molar-refractivity contribution in [3.63, 3.8) is 0 Å². The fourth-order valence-corrected chi connectivity index (χ4v) is 7.04. The number of hydrogen-bond acceptors (Lipinski definition) is 4. The first-order chi connectivity index (χ1) is 26.1. The van der Waals surface area contributed by atoms with Crippen LogP contribution in [0.15, 0.2) is 36.5 Å². The van der Waals surface area contributed by atoms with Crippen molar-refractivity contribution in [2.24, 2.45) is 0 Å². The number of aliphatic hydroxyl groups excluding tert-OH is 3. The number of hydrogen-bond donors (Lipinski definition) is 4. The Morgan fingerprint density at radius 2 is 0.792 bits per heavy atom. The second-order valence-corrected chi connectivity index (χ2v) is 15.9. The molecule has 53 heavy (non-hydrogen) atoms. The number of unbranched alkanes of at least 4 members (excludes halogenated alkanes) is 28. The van der Waals surface area contributed by atoms with Crippen molar-refractivity contribution in [3.8, 4) is 0 Å². The Morgan fingerprint density at radius 1 is 0.453 bits per heavy atom. The third-order valence-electron chi connectivity index (χ3n) is 10.7. The van der Waals surface area contributed by atoms with Gasteiger partial charge >= 0.3 is 0 Å². The molecule has 0 bridgehead atoms. The van der Waals surface area contributed by atoms with Crippen LogP contribution in [0.2, 0.25) is 0 Å². The molecule has 1 amide bonds. The smallest absolute Gasteiger partial charge is 0.220 e. The molecule has 3 atom stereocenters. The third-order valence-corrected chi connectivity index (χ3v) is 10.7. The predicted molar refractivity (Wildman–Crippen MR) is 231 cm³/mol. The van der Waals surface area contributed by atoms with E-state index in [1.807, 2.05) is 0 Å². The molecule has 312 valence electrons. The van der Waals surface area contributed by atoms with Gasteiger partial charge in [0, 0.05) is 6.42 Å². The van der Waals surface area contributed by atoms with Crippen molar-refractivity contribution in [1.29, 1.82) is 0 Å². The molecule has 0 aliphatic rings. The van der Waals surface area contributed by atoms with Crippen LogP contribution in [0, 0.1) is 0 Å². The number of carbonyl (C=O) groups is 1. The van der Waals surface area contributed by atoms with Gasteiger partial charge < -0.3 is 20.6 Å². The topological polar surface area (TPSA) is 89.8 Å². The van der Waals surface area contributed by atoms with E-state index in [4.69, 9.17) is 0 Å². The van der Waals surface area contributed by atoms with Gasteiger partial charge in [-0.2, -0.15) is 0 Å². The molecule has 0 saturated carbocycles. The van der Waals surface area contributed by atoms with Crippen molar-refractivity contribution in [1.82, 2.24) is 5.32 Å². The Labute approximate surface area is 330 Å². The first-order valence-electron chi connectivity index (χ1n) is 23.3. The lowest BCUT2D eigenvalue weighted by Crippen LogP contribution is -2.50. The number of allylic oxidation sites excluding steroid dienone is 6. The van der Waals surface area contributed by atoms with E-state index in [1.165, 1.54) is 161 Å². The first-order valence-corrected chi connectivity index (χ1v) is 23.3. The quantitative estimate of drug-likeness (QED) is 0.0370. The van der Waals surface area contributed by atoms with Crippen molar-refractivity contribution < 1.29 is 20.1 Å². The van der Waals surface area contributed by atoms with E-state index in [-0.39, 0.29) is 12.5 Å². The zero-order chi connectivity index (χ0) is 38.7. The molecule has 0 radical (unpaired) electrons. The minimum absolute atomic E-state index is 0.159. The monoisotopic (exact) mass is 746 g/mol. The van der Waals surface area contributed by atoms with Crippen molar-refractivity contribution in [3.05, 3.63) is 36.5 Å². The van der Waals surface area contributed by atoms with Crippen LogP contribution in [0.1, 0.15) is 239 Å². The lowest BCUT2D eigenvalue weighted by molar-refractivity contribution is -0.124. The van der Waals surface area contributed by atoms with Gasteiger partial charge in [0.05, 0.1) is 18.8 Å². The van der Waals surface area contributed by atoms with Crippen LogP contribution in [0.4, 0.5) is 0 Å². The zero-order valence-electron chi connectivity index (χ0n) is 35.4. The Bertz CT molecular complexity index is 824. The van der Waals surface area contributed by atoms with Crippen LogP contribution >= 0.6 is 0 Å². The van der Waals surface area contributed by atoms with Crippen LogP contribution in [-0.4, -0.2) is 46.1 Å². The van der Waals surface area contributed by atoms with Gasteiger partial charge in [-0.25, -0.2) is 0 Å². The van der Waals surface area contributed by atoms with Gasteiger partial charge in [0.2, 0.25) is 5.91 Å². The summed E-state index contributed by atoms with van der Waals surface area (Å²) in [7, 11) is 0. The summed E-state index contributed by atoms with van der Waals surface area (Å²) in [5, 5.41) is 33.4. The van der Waals surface area contributed by atoms with Crippen LogP contribution in [0.25, 0.3) is 0 Å². The fraction of sp³-hybridized carbons (Fsp3) is 0.854. The molecule has 0 aromatic heterocycles. The number of aliphatic hydroxyl groups is 3. The minimum atomic E-state index is -1.16. The SMILES string of the molecule is CCCC/C=C/CC/C=C/CCCC(O)C(O)C(CO)NC(=O)CCCCCCCCCCCCCC/C=C\CCCCCCCCCCCCCC. The fourth-order valence-electron chi connectivity index (χ4n) is 7.04. The summed E-state index contributed by atoms with van der Waals surface area (Å²) in [6.07, 6.45) is 54.2. The number of nitrogens with one attached hydrogen (secondary N) is 1. The third kappa shape index (κ3) is 38.6. The standard InChI is InChI=1S/C48H91NO4/c1-3-5-7-9-11-13-15-16-17-18-19-20-21-22-23-24-25-26-27-28-29-30-31-33-35-37-39-41-43-47(52)49-45(44-50)48(53)46(51)42-40-38-36-34-32-14-12-10-8-6-4-2/h10,12,22-23,34,36,45-46,48,50-51,53H,3-9,11,13-21,24-33,35,37-44H2,1-2H3,(H,49,52)/b12-10+,23-22-,36-34+. The van der Waals surface area contributed by atoms with E-state index in [0.717, 1.165) is 51.4 Å². The van der Waals surface area contributed by atoms with Gasteiger partial charge in [-0.05, 0) is 70.6 Å². The molecule has 0 saturated heterocycles. The van der Waals surface area contributed by atoms with E-state index < -0.39 is 18.2 Å². The number of amides is 1. The van der Waals surface area contributed by atoms with E-state index in [9.17, 15) is 20.1 Å². The highest BCUT2D eigenvalue weighted by atomic mass is 16.3. The summed E-state index contributed by atoms with van der Waals surface area (Å²) in [6.45, 7) is 4.12. The Morgan fingerprint density at radius 3 is 1.21 bits per heavy atom. The molecule has 0 aliphatic heterocycles. The maximum absolute atomic E-state index is 12.4. The summed E-state index contributed by atoms with van der Waals surface area (Å²) < 4.78 is 0. The maximum Gasteiger partial charge on any atom is 0.220 e. The summed E-state index contributed by atoms with van der Waals surface area (Å²) in [6, 6.07) is -0.830. The molecule has 5 heteroatoms. The second-order valence-electron chi connectivity index (χ2n) is 15.9. The number of carbonyl (C=O) groups excluding carboxylic acids is 1. The number of rotatable bonds is 42. The highest BCUT2D eigenvalue weighted by molar-refractivity contribution is 5.76. The van der Waals surface area contributed by atoms with Crippen molar-refractivity contribution in [2.75, 3.05) is 6.61 Å². The molecule has 0 rings (SSSR count). The van der Waals surface area contributed by atoms with E-state index >= 15 is 0 Å². The molecule has 0 heterocycles. The van der Waals surface area contributed by atoms with Crippen molar-refractivity contribution in [2.45, 2.75) is 257 Å². The molecule has 4 N–H and O–H groups in total. The molecule has 0 aromatic rings. The van der Waals surface area contributed by atoms with E-state index in [2.05, 4.69) is 55.6 Å². The van der Waals surface area contributed by atoms with Gasteiger partial charge in [-0.1, -0.05) is 198 Å². The predicted octanol–water partition coefficient (Wildman–Crippen LogP) is 13.5. The summed E-state index contributed by atoms with van der Waals surface area (Å²) in [5.41, 5.74) is 0. The molecule has 0 fully saturated rings. The van der Waals surface area contributed by atoms with Crippen LogP contribution < -0.4 is 5.32 Å². The Kier molecular flexibility index (Phi) is 42.1. The highest BCUT2D eigenvalue weighted by Gasteiger charge is 2.26. The normalized spacial score (nSPS) is 13.8. The Hall–Kier alpha value is -1.43. The second kappa shape index (κ2) is 43.3. The van der Waals surface area contributed by atoms with Gasteiger partial charge in [-0.3, -0.25) is 4.79 Å². The van der Waals surface area contributed by atoms with Gasteiger partial charge in [0.1, 0.15) is 6.10 Å². The maximum atomic E-state index is 12.4. The lowest BCUT2D eigenvalue weighted by Gasteiger charge is -2.26. The highest BCUT2D eigenvalue weighted by Crippen LogP contribution is 2.15. The molecular formula is C48H91NO4. The largest absolute Gasteiger partial charge is 0.394 e. The summed E-state index contributed by atoms with van der Waals surface area (Å²) in [4.78, 5) is 12.4. The summed E-state index contributed by atoms with van der Waals surface area (Å²) in [5.74, 6) is -0.159. The zero-order valence-corrected chi connectivity index (χ0v) is 35.4. The molecular weight excluding hydrogens is 655 g/mol. The lowest BCUT2D eigenvalue weighted by atomic mass is 10.0. The van der Waals surface area contributed by atoms with Gasteiger partial charge in [0.25, 0.3) is 0 Å². The minimum Gasteiger partial charge on any atom is -0.394 e. The van der Waals surface area contributed by atoms with Gasteiger partial charge in [0.15, 0.2) is 0 Å². The molecule has 0 aromatic carbocycles. The molecule has 5 nitrogen and oxygen atoms in total. The van der Waals surface area contributed by atoms with Crippen molar-refractivity contribution >= 4 is 5.91 Å². The average Bonchev–Trinajstić information content (AvgIpc) is 3.16. The first kappa shape index (κ1) is 51.6. The van der Waals surface area contributed by atoms with E-state index in [0.29, 0.717) is 12.8 Å². The molecule has 3 unspecified atom stereocenters. The average molecular weight is 746 g/mol. The summed E-state index contributed by atoms with van der Waals surface area (Å²) >= 11 is 0.